The van der Waals surface area contributed by atoms with Crippen LogP contribution in [0.4, 0.5) is 0 Å². The van der Waals surface area contributed by atoms with Gasteiger partial charge in [-0.2, -0.15) is 5.26 Å². The second-order valence-corrected chi connectivity index (χ2v) is 9.14. The SMILES string of the molecule is CCOC(=O)C1=C(C)N=C2SC=CN2[C@@H]1c1cc(OC)c(OCc2ccccc2C#N)cc1Br. The lowest BCUT2D eigenvalue weighted by Crippen LogP contribution is -2.34. The van der Waals surface area contributed by atoms with Crippen LogP contribution in [0.3, 0.4) is 0 Å². The number of rotatable bonds is 7. The Balaban J connectivity index is 1.72. The molecule has 4 rings (SSSR count). The van der Waals surface area contributed by atoms with Crippen molar-refractivity contribution in [3.63, 3.8) is 0 Å². The van der Waals surface area contributed by atoms with E-state index in [4.69, 9.17) is 14.2 Å². The zero-order chi connectivity index (χ0) is 24.2. The van der Waals surface area contributed by atoms with Gasteiger partial charge in [0.25, 0.3) is 0 Å². The van der Waals surface area contributed by atoms with Gasteiger partial charge in [-0.25, -0.2) is 9.79 Å². The Hall–Kier alpha value is -3.22. The number of fused-ring (bicyclic) bond motifs is 1. The third-order valence-corrected chi connectivity index (χ3v) is 6.87. The third kappa shape index (κ3) is 4.56. The van der Waals surface area contributed by atoms with E-state index >= 15 is 0 Å². The molecule has 2 heterocycles. The Kier molecular flexibility index (Phi) is 7.29. The van der Waals surface area contributed by atoms with Gasteiger partial charge < -0.3 is 19.1 Å². The smallest absolute Gasteiger partial charge is 0.338 e. The van der Waals surface area contributed by atoms with Crippen LogP contribution in [0, 0.1) is 11.3 Å². The number of aliphatic imine (C=N–C) groups is 1. The van der Waals surface area contributed by atoms with E-state index in [2.05, 4.69) is 27.0 Å². The molecule has 9 heteroatoms. The summed E-state index contributed by atoms with van der Waals surface area (Å²) in [4.78, 5) is 19.5. The average molecular weight is 540 g/mol. The first-order valence-electron chi connectivity index (χ1n) is 10.5. The van der Waals surface area contributed by atoms with Crippen LogP contribution < -0.4 is 9.47 Å². The molecule has 1 atom stereocenters. The fraction of sp³-hybridized carbons (Fsp3) is 0.240. The molecule has 0 aliphatic carbocycles. The quantitative estimate of drug-likeness (QED) is 0.418. The molecular weight excluding hydrogens is 518 g/mol. The van der Waals surface area contributed by atoms with Crippen LogP contribution in [0.2, 0.25) is 0 Å². The minimum atomic E-state index is -0.450. The summed E-state index contributed by atoms with van der Waals surface area (Å²) >= 11 is 5.17. The molecule has 0 bridgehead atoms. The third-order valence-electron chi connectivity index (χ3n) is 5.41. The van der Waals surface area contributed by atoms with Crippen molar-refractivity contribution in [2.24, 2.45) is 4.99 Å². The van der Waals surface area contributed by atoms with Crippen molar-refractivity contribution in [2.75, 3.05) is 13.7 Å². The summed E-state index contributed by atoms with van der Waals surface area (Å²) in [6.45, 7) is 4.08. The first kappa shape index (κ1) is 23.9. The number of carbonyl (C=O) groups excluding carboxylic acids is 1. The van der Waals surface area contributed by atoms with E-state index in [9.17, 15) is 10.1 Å². The lowest BCUT2D eigenvalue weighted by molar-refractivity contribution is -0.139. The second kappa shape index (κ2) is 10.4. The molecule has 0 aromatic heterocycles. The van der Waals surface area contributed by atoms with Crippen molar-refractivity contribution >= 4 is 38.8 Å². The van der Waals surface area contributed by atoms with Gasteiger partial charge in [-0.15, -0.1) is 0 Å². The number of carbonyl (C=O) groups is 1. The van der Waals surface area contributed by atoms with Crippen molar-refractivity contribution in [3.05, 3.63) is 80.4 Å². The van der Waals surface area contributed by atoms with Gasteiger partial charge in [0, 0.05) is 16.2 Å². The van der Waals surface area contributed by atoms with Gasteiger partial charge in [-0.1, -0.05) is 45.9 Å². The monoisotopic (exact) mass is 539 g/mol. The van der Waals surface area contributed by atoms with Crippen LogP contribution in [0.15, 0.2) is 68.7 Å². The van der Waals surface area contributed by atoms with Gasteiger partial charge in [0.15, 0.2) is 16.7 Å². The summed E-state index contributed by atoms with van der Waals surface area (Å²) in [5, 5.41) is 12.1. The maximum atomic E-state index is 12.9. The molecule has 0 N–H and O–H groups in total. The zero-order valence-corrected chi connectivity index (χ0v) is 21.3. The minimum absolute atomic E-state index is 0.213. The number of hydrogen-bond donors (Lipinski definition) is 0. The average Bonchev–Trinajstić information content (AvgIpc) is 3.30. The number of ether oxygens (including phenoxy) is 3. The molecule has 174 valence electrons. The number of nitrogens with zero attached hydrogens (tertiary/aromatic N) is 3. The highest BCUT2D eigenvalue weighted by Crippen LogP contribution is 2.46. The van der Waals surface area contributed by atoms with E-state index in [1.54, 1.807) is 20.1 Å². The molecule has 0 saturated heterocycles. The molecule has 2 aliphatic heterocycles. The highest BCUT2D eigenvalue weighted by molar-refractivity contribution is 9.10. The van der Waals surface area contributed by atoms with Crippen LogP contribution in [0.1, 0.15) is 36.6 Å². The summed E-state index contributed by atoms with van der Waals surface area (Å²) in [5.41, 5.74) is 3.23. The largest absolute Gasteiger partial charge is 0.493 e. The van der Waals surface area contributed by atoms with Gasteiger partial charge in [0.05, 0.1) is 42.7 Å². The van der Waals surface area contributed by atoms with E-state index in [0.717, 1.165) is 20.8 Å². The van der Waals surface area contributed by atoms with Crippen molar-refractivity contribution in [2.45, 2.75) is 26.5 Å². The molecule has 0 spiro atoms. The normalized spacial score (nSPS) is 16.6. The van der Waals surface area contributed by atoms with E-state index in [-0.39, 0.29) is 13.2 Å². The van der Waals surface area contributed by atoms with Gasteiger partial charge in [0.1, 0.15) is 6.61 Å². The first-order chi connectivity index (χ1) is 16.5. The van der Waals surface area contributed by atoms with Crippen LogP contribution in [0.5, 0.6) is 11.5 Å². The summed E-state index contributed by atoms with van der Waals surface area (Å²) in [6.07, 6.45) is 1.90. The van der Waals surface area contributed by atoms with E-state index < -0.39 is 12.0 Å². The summed E-state index contributed by atoms with van der Waals surface area (Å²) in [7, 11) is 1.57. The molecule has 0 unspecified atom stereocenters. The van der Waals surface area contributed by atoms with E-state index in [1.165, 1.54) is 11.8 Å². The van der Waals surface area contributed by atoms with Crippen molar-refractivity contribution < 1.29 is 19.0 Å². The van der Waals surface area contributed by atoms with Crippen LogP contribution in [-0.2, 0) is 16.1 Å². The fourth-order valence-corrected chi connectivity index (χ4v) is 5.15. The maximum Gasteiger partial charge on any atom is 0.338 e. The van der Waals surface area contributed by atoms with Gasteiger partial charge in [-0.3, -0.25) is 0 Å². The van der Waals surface area contributed by atoms with Crippen molar-refractivity contribution in [1.82, 2.24) is 4.90 Å². The molecule has 7 nitrogen and oxygen atoms in total. The summed E-state index contributed by atoms with van der Waals surface area (Å²) in [5.74, 6) is 0.617. The topological polar surface area (TPSA) is 84.2 Å². The Morgan fingerprint density at radius 2 is 2.09 bits per heavy atom. The number of halogens is 1. The number of hydrogen-bond acceptors (Lipinski definition) is 8. The number of methoxy groups -OCH3 is 1. The predicted octanol–water partition coefficient (Wildman–Crippen LogP) is 5.68. The van der Waals surface area contributed by atoms with Gasteiger partial charge >= 0.3 is 5.97 Å². The zero-order valence-electron chi connectivity index (χ0n) is 18.9. The standard InChI is InChI=1S/C25H22BrN3O4S/c1-4-32-24(30)22-15(2)28-25-29(9-10-34-25)23(22)18-11-20(31-3)21(12-19(18)26)33-14-17-8-6-5-7-16(17)13-27/h5-12,23H,4,14H2,1-3H3/t23-/m1/s1. The minimum Gasteiger partial charge on any atom is -0.493 e. The van der Waals surface area contributed by atoms with Gasteiger partial charge in [-0.05, 0) is 43.0 Å². The molecule has 0 fully saturated rings. The van der Waals surface area contributed by atoms with Crippen LogP contribution >= 0.6 is 27.7 Å². The Morgan fingerprint density at radius 1 is 1.29 bits per heavy atom. The summed E-state index contributed by atoms with van der Waals surface area (Å²) in [6, 6.07) is 12.7. The number of thioether (sulfide) groups is 1. The molecular formula is C25H22BrN3O4S. The van der Waals surface area contributed by atoms with Crippen molar-refractivity contribution in [1.29, 1.82) is 5.26 Å². The molecule has 0 radical (unpaired) electrons. The molecule has 0 amide bonds. The molecule has 2 aliphatic rings. The highest BCUT2D eigenvalue weighted by Gasteiger charge is 2.38. The number of esters is 1. The van der Waals surface area contributed by atoms with Gasteiger partial charge in [0.2, 0.25) is 0 Å². The Bertz CT molecular complexity index is 1270. The first-order valence-corrected chi connectivity index (χ1v) is 12.2. The maximum absolute atomic E-state index is 12.9. The number of allylic oxidation sites excluding steroid dienone is 1. The molecule has 0 saturated carbocycles. The Morgan fingerprint density at radius 3 is 2.82 bits per heavy atom. The fourth-order valence-electron chi connectivity index (χ4n) is 3.82. The lowest BCUT2D eigenvalue weighted by atomic mass is 9.94. The van der Waals surface area contributed by atoms with Crippen molar-refractivity contribution in [3.8, 4) is 17.6 Å². The molecule has 2 aromatic rings. The lowest BCUT2D eigenvalue weighted by Gasteiger charge is -2.34. The molecule has 34 heavy (non-hydrogen) atoms. The predicted molar refractivity (Wildman–Crippen MR) is 134 cm³/mol. The van der Waals surface area contributed by atoms with E-state index in [1.807, 2.05) is 53.8 Å². The van der Waals surface area contributed by atoms with Crippen LogP contribution in [0.25, 0.3) is 0 Å². The number of nitriles is 1. The van der Waals surface area contributed by atoms with Crippen LogP contribution in [-0.4, -0.2) is 29.8 Å². The highest BCUT2D eigenvalue weighted by atomic mass is 79.9. The second-order valence-electron chi connectivity index (χ2n) is 7.41. The molecule has 2 aromatic carbocycles. The Labute approximate surface area is 210 Å². The van der Waals surface area contributed by atoms with E-state index in [0.29, 0.717) is 28.3 Å². The summed E-state index contributed by atoms with van der Waals surface area (Å²) < 4.78 is 17.8. The number of amidine groups is 1. The number of benzene rings is 2.